The maximum absolute atomic E-state index is 11.7. The molecule has 2 aliphatic heterocycles. The Morgan fingerprint density at radius 3 is 2.92 bits per heavy atom. The maximum atomic E-state index is 11.7. The van der Waals surface area contributed by atoms with E-state index in [1.54, 1.807) is 16.7 Å². The van der Waals surface area contributed by atoms with Crippen LogP contribution in [0.15, 0.2) is 18.2 Å². The predicted molar refractivity (Wildman–Crippen MR) is 84.8 cm³/mol. The van der Waals surface area contributed by atoms with Crippen LogP contribution in [-0.4, -0.2) is 59.4 Å². The number of hydrogen-bond acceptors (Lipinski definition) is 7. The highest BCUT2D eigenvalue weighted by Crippen LogP contribution is 2.33. The lowest BCUT2D eigenvalue weighted by molar-refractivity contribution is 0.156. The van der Waals surface area contributed by atoms with Crippen molar-refractivity contribution in [3.63, 3.8) is 0 Å². The zero-order valence-corrected chi connectivity index (χ0v) is 13.8. The third-order valence-electron chi connectivity index (χ3n) is 4.03. The average Bonchev–Trinajstić information content (AvgIpc) is 3.33. The molecule has 0 saturated carbocycles. The second-order valence-corrected chi connectivity index (χ2v) is 5.67. The smallest absolute Gasteiger partial charge is 0.410 e. The number of cyclic esters (lactones) is 1. The molecule has 2 aromatic rings. The van der Waals surface area contributed by atoms with Gasteiger partial charge in [0.15, 0.2) is 23.1 Å². The van der Waals surface area contributed by atoms with Gasteiger partial charge in [-0.2, -0.15) is 5.10 Å². The number of aromatic nitrogens is 3. The Kier molecular flexibility index (Phi) is 4.14. The fourth-order valence-electron chi connectivity index (χ4n) is 2.76. The molecule has 3 heterocycles. The van der Waals surface area contributed by atoms with E-state index >= 15 is 0 Å². The van der Waals surface area contributed by atoms with Gasteiger partial charge in [0, 0.05) is 19.6 Å². The Labute approximate surface area is 144 Å². The zero-order chi connectivity index (χ0) is 17.2. The van der Waals surface area contributed by atoms with Gasteiger partial charge >= 0.3 is 6.09 Å². The molecule has 9 heteroatoms. The van der Waals surface area contributed by atoms with E-state index in [2.05, 4.69) is 10.1 Å². The van der Waals surface area contributed by atoms with E-state index in [1.165, 1.54) is 0 Å². The number of hydrogen-bond donors (Lipinski definition) is 0. The van der Waals surface area contributed by atoms with Crippen molar-refractivity contribution in [2.75, 3.05) is 33.7 Å². The lowest BCUT2D eigenvalue weighted by Gasteiger charge is -2.13. The van der Waals surface area contributed by atoms with Crippen LogP contribution in [0.1, 0.15) is 11.6 Å². The van der Waals surface area contributed by atoms with Gasteiger partial charge in [-0.25, -0.2) is 14.5 Å². The van der Waals surface area contributed by atoms with Crippen LogP contribution >= 0.6 is 0 Å². The summed E-state index contributed by atoms with van der Waals surface area (Å²) in [4.78, 5) is 17.9. The number of rotatable bonds is 6. The third kappa shape index (κ3) is 3.10. The first kappa shape index (κ1) is 15.7. The largest absolute Gasteiger partial charge is 0.454 e. The van der Waals surface area contributed by atoms with Gasteiger partial charge in [-0.3, -0.25) is 4.90 Å². The van der Waals surface area contributed by atoms with Crippen molar-refractivity contribution in [1.82, 2.24) is 19.7 Å². The Hall–Kier alpha value is -2.81. The Morgan fingerprint density at radius 2 is 2.12 bits per heavy atom. The first-order valence-corrected chi connectivity index (χ1v) is 8.00. The van der Waals surface area contributed by atoms with Gasteiger partial charge in [0.1, 0.15) is 6.61 Å². The molecular formula is C16H18N4O5. The molecule has 1 saturated heterocycles. The fraction of sp³-hybridized carbons (Fsp3) is 0.438. The highest BCUT2D eigenvalue weighted by molar-refractivity contribution is 5.69. The minimum atomic E-state index is -0.335. The summed E-state index contributed by atoms with van der Waals surface area (Å²) in [7, 11) is 1.63. The molecule has 0 atom stereocenters. The summed E-state index contributed by atoms with van der Waals surface area (Å²) in [6.07, 6.45) is 0.254. The molecular weight excluding hydrogens is 328 g/mol. The summed E-state index contributed by atoms with van der Waals surface area (Å²) in [5.74, 6) is 2.68. The van der Waals surface area contributed by atoms with Gasteiger partial charge < -0.3 is 18.9 Å². The lowest BCUT2D eigenvalue weighted by atomic mass is 10.3. The van der Waals surface area contributed by atoms with Crippen molar-refractivity contribution in [2.24, 2.45) is 0 Å². The van der Waals surface area contributed by atoms with Crippen LogP contribution in [0.2, 0.25) is 0 Å². The summed E-state index contributed by atoms with van der Waals surface area (Å²) in [6.45, 7) is 2.00. The summed E-state index contributed by atoms with van der Waals surface area (Å²) >= 11 is 0. The monoisotopic (exact) mass is 346 g/mol. The Bertz CT molecular complexity index is 791. The summed E-state index contributed by atoms with van der Waals surface area (Å²) in [6, 6.07) is 5.57. The Balaban J connectivity index is 1.66. The minimum absolute atomic E-state index is 0.210. The van der Waals surface area contributed by atoms with E-state index < -0.39 is 0 Å². The van der Waals surface area contributed by atoms with Crippen LogP contribution in [0.4, 0.5) is 4.79 Å². The summed E-state index contributed by atoms with van der Waals surface area (Å²) in [5, 5.41) is 4.56. The predicted octanol–water partition coefficient (Wildman–Crippen LogP) is 1.14. The van der Waals surface area contributed by atoms with E-state index in [0.29, 0.717) is 55.9 Å². The molecule has 0 N–H and O–H groups in total. The first-order chi connectivity index (χ1) is 12.2. The van der Waals surface area contributed by atoms with Gasteiger partial charge in [-0.1, -0.05) is 0 Å². The second kappa shape index (κ2) is 6.60. The molecule has 132 valence electrons. The van der Waals surface area contributed by atoms with E-state index in [9.17, 15) is 4.79 Å². The van der Waals surface area contributed by atoms with E-state index in [0.717, 1.165) is 5.69 Å². The molecule has 0 spiro atoms. The van der Waals surface area contributed by atoms with Crippen molar-refractivity contribution in [3.05, 3.63) is 29.8 Å². The minimum Gasteiger partial charge on any atom is -0.454 e. The lowest BCUT2D eigenvalue weighted by Crippen LogP contribution is -2.25. The highest BCUT2D eigenvalue weighted by Gasteiger charge is 2.25. The molecule has 0 radical (unpaired) electrons. The van der Waals surface area contributed by atoms with Crippen LogP contribution in [0.25, 0.3) is 5.69 Å². The molecule has 1 aromatic carbocycles. The molecule has 2 aliphatic rings. The number of fused-ring (bicyclic) bond motifs is 1. The number of methoxy groups -OCH3 is 1. The van der Waals surface area contributed by atoms with Gasteiger partial charge in [-0.05, 0) is 12.1 Å². The molecule has 9 nitrogen and oxygen atoms in total. The van der Waals surface area contributed by atoms with Crippen LogP contribution in [0, 0.1) is 0 Å². The number of carbonyl (C=O) groups excluding carboxylic acids is 1. The number of benzene rings is 1. The summed E-state index contributed by atoms with van der Waals surface area (Å²) in [5.41, 5.74) is 0.794. The molecule has 0 bridgehead atoms. The fourth-order valence-corrected chi connectivity index (χ4v) is 2.76. The summed E-state index contributed by atoms with van der Waals surface area (Å²) < 4.78 is 22.6. The number of nitrogens with zero attached hydrogens (tertiary/aromatic N) is 4. The van der Waals surface area contributed by atoms with Gasteiger partial charge in [0.05, 0.1) is 25.4 Å². The normalized spacial score (nSPS) is 15.7. The average molecular weight is 346 g/mol. The molecule has 4 rings (SSSR count). The van der Waals surface area contributed by atoms with Gasteiger partial charge in [0.25, 0.3) is 0 Å². The number of ether oxygens (including phenoxy) is 4. The Morgan fingerprint density at radius 1 is 1.24 bits per heavy atom. The van der Waals surface area contributed by atoms with Crippen LogP contribution in [0.3, 0.4) is 0 Å². The van der Waals surface area contributed by atoms with E-state index in [-0.39, 0.29) is 12.9 Å². The van der Waals surface area contributed by atoms with E-state index in [4.69, 9.17) is 18.9 Å². The van der Waals surface area contributed by atoms with Crippen LogP contribution < -0.4 is 9.47 Å². The first-order valence-electron chi connectivity index (χ1n) is 8.00. The van der Waals surface area contributed by atoms with Crippen molar-refractivity contribution in [1.29, 1.82) is 0 Å². The zero-order valence-electron chi connectivity index (χ0n) is 13.8. The van der Waals surface area contributed by atoms with Gasteiger partial charge in [0.2, 0.25) is 6.79 Å². The van der Waals surface area contributed by atoms with Crippen molar-refractivity contribution >= 4 is 6.09 Å². The molecule has 0 unspecified atom stereocenters. The highest BCUT2D eigenvalue weighted by atomic mass is 16.7. The quantitative estimate of drug-likeness (QED) is 0.775. The van der Waals surface area contributed by atoms with Crippen molar-refractivity contribution in [3.8, 4) is 17.2 Å². The third-order valence-corrected chi connectivity index (χ3v) is 4.03. The standard InChI is InChI=1S/C16H18N4O5/c1-22-6-4-14-17-15(9-19-5-7-23-16(19)21)20(18-14)11-2-3-12-13(8-11)25-10-24-12/h2-3,8H,4-7,9-10H2,1H3. The molecule has 25 heavy (non-hydrogen) atoms. The number of amides is 1. The molecule has 1 amide bonds. The second-order valence-electron chi connectivity index (χ2n) is 5.67. The van der Waals surface area contributed by atoms with Crippen molar-refractivity contribution < 1.29 is 23.7 Å². The maximum Gasteiger partial charge on any atom is 0.410 e. The SMILES string of the molecule is COCCc1nc(CN2CCOC2=O)n(-c2ccc3c(c2)OCO3)n1. The molecule has 1 fully saturated rings. The van der Waals surface area contributed by atoms with Crippen molar-refractivity contribution in [2.45, 2.75) is 13.0 Å². The molecule has 1 aromatic heterocycles. The number of carbonyl (C=O) groups is 1. The van der Waals surface area contributed by atoms with Crippen LogP contribution in [-0.2, 0) is 22.4 Å². The van der Waals surface area contributed by atoms with E-state index in [1.807, 2.05) is 18.2 Å². The van der Waals surface area contributed by atoms with Crippen LogP contribution in [0.5, 0.6) is 11.5 Å². The molecule has 0 aliphatic carbocycles. The topological polar surface area (TPSA) is 87.9 Å². The van der Waals surface area contributed by atoms with Gasteiger partial charge in [-0.15, -0.1) is 0 Å².